The van der Waals surface area contributed by atoms with E-state index < -0.39 is 6.03 Å². The maximum absolute atomic E-state index is 12.8. The van der Waals surface area contributed by atoms with E-state index in [1.54, 1.807) is 19.2 Å². The summed E-state index contributed by atoms with van der Waals surface area (Å²) in [6.45, 7) is 0.450. The number of carbonyl (C=O) groups excluding carboxylic acids is 2. The van der Waals surface area contributed by atoms with E-state index in [1.165, 1.54) is 12.1 Å². The van der Waals surface area contributed by atoms with E-state index in [0.29, 0.717) is 12.3 Å². The highest BCUT2D eigenvalue weighted by Gasteiger charge is 2.05. The summed E-state index contributed by atoms with van der Waals surface area (Å²) in [7, 11) is 1.58. The fourth-order valence-electron chi connectivity index (χ4n) is 2.05. The van der Waals surface area contributed by atoms with Gasteiger partial charge in [0.15, 0.2) is 0 Å². The van der Waals surface area contributed by atoms with E-state index in [1.807, 2.05) is 24.3 Å². The third kappa shape index (κ3) is 6.50. The summed E-state index contributed by atoms with van der Waals surface area (Å²) in [6.07, 6.45) is 0. The number of hydrogen-bond donors (Lipinski definition) is 3. The van der Waals surface area contributed by atoms with Gasteiger partial charge in [-0.1, -0.05) is 24.3 Å². The van der Waals surface area contributed by atoms with E-state index in [9.17, 15) is 14.0 Å². The second kappa shape index (κ2) is 9.27. The second-order valence-electron chi connectivity index (χ2n) is 5.29. The van der Waals surface area contributed by atoms with Crippen LogP contribution in [0.4, 0.5) is 9.18 Å². The van der Waals surface area contributed by atoms with Crippen LogP contribution in [-0.4, -0.2) is 25.6 Å². The van der Waals surface area contributed by atoms with Gasteiger partial charge >= 0.3 is 6.03 Å². The number of methoxy groups -OCH3 is 1. The highest BCUT2D eigenvalue weighted by Crippen LogP contribution is 2.11. The first-order chi connectivity index (χ1) is 12.1. The van der Waals surface area contributed by atoms with Gasteiger partial charge in [-0.05, 0) is 35.4 Å². The van der Waals surface area contributed by atoms with Crippen molar-refractivity contribution in [3.05, 3.63) is 65.5 Å². The molecule has 0 aliphatic heterocycles. The molecular weight excluding hydrogens is 325 g/mol. The minimum atomic E-state index is -0.471. The van der Waals surface area contributed by atoms with Crippen LogP contribution in [0.3, 0.4) is 0 Å². The number of urea groups is 1. The zero-order valence-corrected chi connectivity index (χ0v) is 13.8. The van der Waals surface area contributed by atoms with Crippen LogP contribution in [-0.2, 0) is 17.9 Å². The Bertz CT molecular complexity index is 720. The maximum atomic E-state index is 12.8. The molecule has 0 unspecified atom stereocenters. The lowest BCUT2D eigenvalue weighted by Crippen LogP contribution is -2.41. The summed E-state index contributed by atoms with van der Waals surface area (Å²) in [5, 5.41) is 7.76. The molecule has 6 nitrogen and oxygen atoms in total. The van der Waals surface area contributed by atoms with Crippen LogP contribution in [0.2, 0.25) is 0 Å². The molecule has 0 aromatic heterocycles. The summed E-state index contributed by atoms with van der Waals surface area (Å²) >= 11 is 0. The molecule has 0 heterocycles. The summed E-state index contributed by atoms with van der Waals surface area (Å²) < 4.78 is 17.9. The third-order valence-corrected chi connectivity index (χ3v) is 3.40. The number of carbonyl (C=O) groups is 2. The van der Waals surface area contributed by atoms with E-state index >= 15 is 0 Å². The number of amides is 3. The van der Waals surface area contributed by atoms with Crippen LogP contribution in [0.25, 0.3) is 0 Å². The smallest absolute Gasteiger partial charge is 0.315 e. The first-order valence-corrected chi connectivity index (χ1v) is 7.72. The number of benzene rings is 2. The van der Waals surface area contributed by atoms with Gasteiger partial charge < -0.3 is 20.7 Å². The number of halogens is 1. The van der Waals surface area contributed by atoms with Crippen LogP contribution < -0.4 is 20.7 Å². The van der Waals surface area contributed by atoms with Gasteiger partial charge in [-0.25, -0.2) is 9.18 Å². The Morgan fingerprint density at radius 3 is 2.40 bits per heavy atom. The summed E-state index contributed by atoms with van der Waals surface area (Å²) in [4.78, 5) is 23.4. The van der Waals surface area contributed by atoms with Crippen molar-refractivity contribution in [1.82, 2.24) is 16.0 Å². The molecule has 0 saturated heterocycles. The Kier molecular flexibility index (Phi) is 6.76. The summed E-state index contributed by atoms with van der Waals surface area (Å²) in [5.41, 5.74) is 1.66. The molecule has 0 aliphatic rings. The molecule has 0 saturated carbocycles. The molecule has 25 heavy (non-hydrogen) atoms. The van der Waals surface area contributed by atoms with Crippen molar-refractivity contribution in [3.8, 4) is 5.75 Å². The molecule has 0 atom stereocenters. The minimum Gasteiger partial charge on any atom is -0.497 e. The van der Waals surface area contributed by atoms with Crippen LogP contribution in [0, 0.1) is 5.82 Å². The van der Waals surface area contributed by atoms with Crippen molar-refractivity contribution in [2.45, 2.75) is 13.1 Å². The number of rotatable bonds is 7. The van der Waals surface area contributed by atoms with E-state index in [4.69, 9.17) is 4.74 Å². The quantitative estimate of drug-likeness (QED) is 0.718. The van der Waals surface area contributed by atoms with Crippen LogP contribution in [0.5, 0.6) is 5.75 Å². The molecule has 2 aromatic rings. The summed E-state index contributed by atoms with van der Waals surface area (Å²) in [5.74, 6) is 0.0747. The first-order valence-electron chi connectivity index (χ1n) is 7.72. The van der Waals surface area contributed by atoms with E-state index in [0.717, 1.165) is 11.1 Å². The third-order valence-electron chi connectivity index (χ3n) is 3.40. The predicted octanol–water partition coefficient (Wildman–Crippen LogP) is 1.95. The summed E-state index contributed by atoms with van der Waals surface area (Å²) in [6, 6.07) is 12.7. The zero-order chi connectivity index (χ0) is 18.1. The number of nitrogens with one attached hydrogen (secondary N) is 3. The van der Waals surface area contributed by atoms with Crippen LogP contribution in [0.1, 0.15) is 11.1 Å². The highest BCUT2D eigenvalue weighted by atomic mass is 19.1. The Hall–Kier alpha value is -3.09. The monoisotopic (exact) mass is 345 g/mol. The molecule has 0 fully saturated rings. The van der Waals surface area contributed by atoms with Crippen molar-refractivity contribution in [2.24, 2.45) is 0 Å². The highest BCUT2D eigenvalue weighted by molar-refractivity contribution is 5.83. The van der Waals surface area contributed by atoms with Gasteiger partial charge in [-0.3, -0.25) is 4.79 Å². The molecule has 0 aliphatic carbocycles. The molecular formula is C18H20FN3O3. The predicted molar refractivity (Wildman–Crippen MR) is 91.5 cm³/mol. The normalized spacial score (nSPS) is 10.0. The molecule has 2 rings (SSSR count). The molecule has 0 bridgehead atoms. The standard InChI is InChI=1S/C18H20FN3O3/c1-25-16-4-2-3-14(9-16)11-20-17(23)12-22-18(24)21-10-13-5-7-15(19)8-6-13/h2-9H,10-12H2,1H3,(H,20,23)(H2,21,22,24). The molecule has 3 amide bonds. The van der Waals surface area contributed by atoms with Crippen molar-refractivity contribution in [3.63, 3.8) is 0 Å². The van der Waals surface area contributed by atoms with Gasteiger partial charge in [0.1, 0.15) is 11.6 Å². The first kappa shape index (κ1) is 18.3. The van der Waals surface area contributed by atoms with Crippen molar-refractivity contribution in [2.75, 3.05) is 13.7 Å². The fourth-order valence-corrected chi connectivity index (χ4v) is 2.05. The van der Waals surface area contributed by atoms with Crippen LogP contribution in [0.15, 0.2) is 48.5 Å². The average molecular weight is 345 g/mol. The topological polar surface area (TPSA) is 79.5 Å². The van der Waals surface area contributed by atoms with Crippen LogP contribution >= 0.6 is 0 Å². The molecule has 7 heteroatoms. The Labute approximate surface area is 145 Å². The van der Waals surface area contributed by atoms with Crippen molar-refractivity contribution < 1.29 is 18.7 Å². The van der Waals surface area contributed by atoms with Gasteiger partial charge in [-0.2, -0.15) is 0 Å². The van der Waals surface area contributed by atoms with E-state index in [-0.39, 0.29) is 24.8 Å². The Balaban J connectivity index is 1.66. The average Bonchev–Trinajstić information content (AvgIpc) is 2.64. The van der Waals surface area contributed by atoms with Gasteiger partial charge in [-0.15, -0.1) is 0 Å². The molecule has 3 N–H and O–H groups in total. The van der Waals surface area contributed by atoms with Gasteiger partial charge in [0.25, 0.3) is 0 Å². The molecule has 132 valence electrons. The lowest BCUT2D eigenvalue weighted by Gasteiger charge is -2.09. The minimum absolute atomic E-state index is 0.140. The molecule has 2 aromatic carbocycles. The fraction of sp³-hybridized carbons (Fsp3) is 0.222. The van der Waals surface area contributed by atoms with Crippen molar-refractivity contribution >= 4 is 11.9 Å². The zero-order valence-electron chi connectivity index (χ0n) is 13.8. The lowest BCUT2D eigenvalue weighted by molar-refractivity contribution is -0.120. The van der Waals surface area contributed by atoms with Gasteiger partial charge in [0, 0.05) is 13.1 Å². The van der Waals surface area contributed by atoms with E-state index in [2.05, 4.69) is 16.0 Å². The SMILES string of the molecule is COc1cccc(CNC(=O)CNC(=O)NCc2ccc(F)cc2)c1. The lowest BCUT2D eigenvalue weighted by atomic mass is 10.2. The largest absolute Gasteiger partial charge is 0.497 e. The van der Waals surface area contributed by atoms with Crippen molar-refractivity contribution in [1.29, 1.82) is 0 Å². The molecule has 0 spiro atoms. The number of ether oxygens (including phenoxy) is 1. The van der Waals surface area contributed by atoms with Gasteiger partial charge in [0.05, 0.1) is 13.7 Å². The number of hydrogen-bond acceptors (Lipinski definition) is 3. The molecule has 0 radical (unpaired) electrons. The maximum Gasteiger partial charge on any atom is 0.315 e. The Morgan fingerprint density at radius 2 is 1.68 bits per heavy atom. The Morgan fingerprint density at radius 1 is 0.960 bits per heavy atom. The van der Waals surface area contributed by atoms with Gasteiger partial charge in [0.2, 0.25) is 5.91 Å². The second-order valence-corrected chi connectivity index (χ2v) is 5.29.